The molecule has 0 fully saturated rings. The van der Waals surface area contributed by atoms with E-state index in [1.165, 1.54) is 6.92 Å². The zero-order chi connectivity index (χ0) is 10.7. The van der Waals surface area contributed by atoms with Gasteiger partial charge in [-0.15, -0.1) is 0 Å². The van der Waals surface area contributed by atoms with E-state index in [1.807, 2.05) is 26.0 Å². The van der Waals surface area contributed by atoms with E-state index >= 15 is 0 Å². The minimum atomic E-state index is 0. The van der Waals surface area contributed by atoms with E-state index in [-0.39, 0.29) is 45.1 Å². The molecule has 0 heterocycles. The average Bonchev–Trinajstić information content (AvgIpc) is 2.01. The first-order chi connectivity index (χ1) is 6.50. The molecule has 1 aromatic rings. The van der Waals surface area contributed by atoms with Crippen LogP contribution in [0.25, 0.3) is 0 Å². The Morgan fingerprint density at radius 1 is 1.33 bits per heavy atom. The molecule has 0 unspecified atom stereocenters. The number of rotatable bonds is 3. The van der Waals surface area contributed by atoms with Crippen molar-refractivity contribution in [2.75, 3.05) is 6.61 Å². The Balaban J connectivity index is 0.00000196. The number of ether oxygens (including phenoxy) is 1. The zero-order valence-corrected chi connectivity index (χ0v) is 12.3. The van der Waals surface area contributed by atoms with Crippen LogP contribution in [0.5, 0.6) is 5.75 Å². The summed E-state index contributed by atoms with van der Waals surface area (Å²) in [6, 6.07) is 3.89. The predicted octanol–water partition coefficient (Wildman–Crippen LogP) is 2.45. The van der Waals surface area contributed by atoms with Crippen molar-refractivity contribution in [1.29, 1.82) is 0 Å². The third kappa shape index (κ3) is 4.35. The van der Waals surface area contributed by atoms with Crippen molar-refractivity contribution >= 4 is 5.78 Å². The van der Waals surface area contributed by atoms with Crippen molar-refractivity contribution < 1.29 is 42.2 Å². The molecule has 0 aliphatic heterocycles. The fraction of sp³-hybridized carbons (Fsp3) is 0.333. The van der Waals surface area contributed by atoms with Crippen molar-refractivity contribution in [1.82, 2.24) is 0 Å². The molecular weight excluding hydrogens is 265 g/mol. The van der Waals surface area contributed by atoms with Crippen molar-refractivity contribution in [3.05, 3.63) is 35.7 Å². The first-order valence-corrected chi connectivity index (χ1v) is 4.56. The zero-order valence-electron chi connectivity index (χ0n) is 9.46. The van der Waals surface area contributed by atoms with Crippen LogP contribution in [0.4, 0.5) is 0 Å². The van der Waals surface area contributed by atoms with Crippen LogP contribution >= 0.6 is 0 Å². The minimum absolute atomic E-state index is 0. The molecule has 0 aromatic heterocycles. The number of hydrogen-bond donors (Lipinski definition) is 0. The van der Waals surface area contributed by atoms with Gasteiger partial charge in [-0.3, -0.25) is 4.79 Å². The van der Waals surface area contributed by atoms with E-state index in [1.54, 1.807) is 0 Å². The summed E-state index contributed by atoms with van der Waals surface area (Å²) in [4.78, 5) is 10.8. The molecule has 0 saturated heterocycles. The summed E-state index contributed by atoms with van der Waals surface area (Å²) in [7, 11) is 0. The Hall–Kier alpha value is -0.336. The molecule has 15 heavy (non-hydrogen) atoms. The maximum atomic E-state index is 10.8. The number of hydrogen-bond acceptors (Lipinski definition) is 2. The SMILES string of the molecule is [CH2-]c1cc(C)c(OCC(C)=O)c(C)c1.[Y+3]. The maximum absolute atomic E-state index is 10.8. The van der Waals surface area contributed by atoms with Gasteiger partial charge in [-0.2, -0.15) is 24.6 Å². The smallest absolute Gasteiger partial charge is 0.488 e. The number of ketones is 1. The minimum Gasteiger partial charge on any atom is -0.488 e. The van der Waals surface area contributed by atoms with Crippen LogP contribution in [0, 0.1) is 20.8 Å². The fourth-order valence-electron chi connectivity index (χ4n) is 1.44. The monoisotopic (exact) mass is 280 g/mol. The van der Waals surface area contributed by atoms with Crippen LogP contribution in [-0.2, 0) is 37.5 Å². The third-order valence-corrected chi connectivity index (χ3v) is 1.94. The number of benzene rings is 1. The Kier molecular flexibility index (Phi) is 6.15. The van der Waals surface area contributed by atoms with E-state index in [0.717, 1.165) is 22.4 Å². The van der Waals surface area contributed by atoms with Crippen LogP contribution in [0.2, 0.25) is 0 Å². The second-order valence-corrected chi connectivity index (χ2v) is 3.55. The summed E-state index contributed by atoms with van der Waals surface area (Å²) >= 11 is 0. The van der Waals surface area contributed by atoms with Gasteiger partial charge in [-0.05, 0) is 20.8 Å². The van der Waals surface area contributed by atoms with Crippen molar-refractivity contribution in [2.45, 2.75) is 20.8 Å². The maximum Gasteiger partial charge on any atom is 3.00 e. The molecule has 0 radical (unpaired) electrons. The van der Waals surface area contributed by atoms with E-state index in [9.17, 15) is 4.79 Å². The normalized spacial score (nSPS) is 9.27. The van der Waals surface area contributed by atoms with Crippen LogP contribution in [0.1, 0.15) is 23.6 Å². The summed E-state index contributed by atoms with van der Waals surface area (Å²) in [5, 5.41) is 0. The topological polar surface area (TPSA) is 26.3 Å². The van der Waals surface area contributed by atoms with Crippen LogP contribution < -0.4 is 4.74 Å². The van der Waals surface area contributed by atoms with Crippen molar-refractivity contribution in [3.8, 4) is 5.75 Å². The molecule has 0 atom stereocenters. The quantitative estimate of drug-likeness (QED) is 0.795. The van der Waals surface area contributed by atoms with Gasteiger partial charge in [0.25, 0.3) is 0 Å². The average molecular weight is 280 g/mol. The molecule has 0 amide bonds. The number of carbonyl (C=O) groups excluding carboxylic acids is 1. The Bertz CT molecular complexity index is 336. The van der Waals surface area contributed by atoms with Gasteiger partial charge in [0.1, 0.15) is 12.4 Å². The molecule has 1 rings (SSSR count). The second-order valence-electron chi connectivity index (χ2n) is 3.55. The molecule has 0 N–H and O–H groups in total. The summed E-state index contributed by atoms with van der Waals surface area (Å²) in [6.45, 7) is 9.42. The first-order valence-electron chi connectivity index (χ1n) is 4.56. The van der Waals surface area contributed by atoms with Crippen molar-refractivity contribution in [3.63, 3.8) is 0 Å². The Morgan fingerprint density at radius 3 is 2.20 bits per heavy atom. The summed E-state index contributed by atoms with van der Waals surface area (Å²) < 4.78 is 5.41. The van der Waals surface area contributed by atoms with Crippen molar-refractivity contribution in [2.24, 2.45) is 0 Å². The standard InChI is InChI=1S/C12H15O2.Y/c1-8-5-9(2)12(10(3)6-8)14-7-11(4)13;/h5-6H,1,7H2,2-4H3;/q-1;+3. The van der Waals surface area contributed by atoms with Gasteiger partial charge >= 0.3 is 32.7 Å². The van der Waals surface area contributed by atoms with Gasteiger partial charge < -0.3 is 4.74 Å². The third-order valence-electron chi connectivity index (χ3n) is 1.94. The number of Topliss-reactive ketones (excluding diaryl/α,β-unsaturated/α-hetero) is 1. The first kappa shape index (κ1) is 14.7. The van der Waals surface area contributed by atoms with Crippen LogP contribution in [0.3, 0.4) is 0 Å². The van der Waals surface area contributed by atoms with E-state index in [2.05, 4.69) is 6.92 Å². The second kappa shape index (κ2) is 6.29. The number of carbonyl (C=O) groups is 1. The van der Waals surface area contributed by atoms with Gasteiger partial charge in [-0.25, -0.2) is 0 Å². The Labute approximate surface area is 116 Å². The molecule has 0 aliphatic carbocycles. The molecule has 0 aliphatic rings. The van der Waals surface area contributed by atoms with Crippen LogP contribution in [0.15, 0.2) is 12.1 Å². The van der Waals surface area contributed by atoms with Crippen LogP contribution in [-0.4, -0.2) is 12.4 Å². The molecule has 3 heteroatoms. The largest absolute Gasteiger partial charge is 3.00 e. The van der Waals surface area contributed by atoms with Gasteiger partial charge in [0, 0.05) is 0 Å². The van der Waals surface area contributed by atoms with E-state index in [0.29, 0.717) is 0 Å². The molecule has 2 nitrogen and oxygen atoms in total. The van der Waals surface area contributed by atoms with E-state index < -0.39 is 0 Å². The molecule has 0 bridgehead atoms. The Morgan fingerprint density at radius 2 is 1.80 bits per heavy atom. The van der Waals surface area contributed by atoms with E-state index in [4.69, 9.17) is 4.74 Å². The molecular formula is C12H15O2Y+2. The molecule has 1 aromatic carbocycles. The van der Waals surface area contributed by atoms with Gasteiger partial charge in [0.2, 0.25) is 0 Å². The summed E-state index contributed by atoms with van der Waals surface area (Å²) in [5.74, 6) is 0.829. The predicted molar refractivity (Wildman–Crippen MR) is 56.6 cm³/mol. The van der Waals surface area contributed by atoms with Gasteiger partial charge in [-0.1, -0.05) is 11.1 Å². The molecule has 0 spiro atoms. The summed E-state index contributed by atoms with van der Waals surface area (Å²) in [6.07, 6.45) is 0. The summed E-state index contributed by atoms with van der Waals surface area (Å²) in [5.41, 5.74) is 3.02. The van der Waals surface area contributed by atoms with Gasteiger partial charge in [0.15, 0.2) is 5.78 Å². The fourth-order valence-corrected chi connectivity index (χ4v) is 1.44. The number of aryl methyl sites for hydroxylation is 2. The molecule has 76 valence electrons. The molecule has 0 saturated carbocycles. The van der Waals surface area contributed by atoms with Gasteiger partial charge in [0.05, 0.1) is 0 Å².